The lowest BCUT2D eigenvalue weighted by molar-refractivity contribution is -0.123. The molecule has 7 nitrogen and oxygen atoms in total. The predicted molar refractivity (Wildman–Crippen MR) is 108 cm³/mol. The van der Waals surface area contributed by atoms with Crippen molar-refractivity contribution in [1.82, 2.24) is 0 Å². The smallest absolute Gasteiger partial charge is 0.337 e. The van der Waals surface area contributed by atoms with E-state index in [0.29, 0.717) is 11.3 Å². The van der Waals surface area contributed by atoms with Gasteiger partial charge in [-0.2, -0.15) is 0 Å². The first kappa shape index (κ1) is 18.3. The molecule has 1 saturated heterocycles. The summed E-state index contributed by atoms with van der Waals surface area (Å²) in [6.07, 6.45) is 4.96. The number of rotatable bonds is 4. The van der Waals surface area contributed by atoms with Crippen LogP contribution in [0.25, 0.3) is 0 Å². The molecule has 150 valence electrons. The maximum atomic E-state index is 12.9. The predicted octanol–water partition coefficient (Wildman–Crippen LogP) is 2.95. The number of imide groups is 1. The van der Waals surface area contributed by atoms with Crippen LogP contribution in [0.1, 0.15) is 27.1 Å². The van der Waals surface area contributed by atoms with Gasteiger partial charge in [0.2, 0.25) is 11.8 Å². The van der Waals surface area contributed by atoms with E-state index in [2.05, 4.69) is 5.32 Å². The number of carbonyl (C=O) groups is 4. The molecular formula is C23H18N2O5. The van der Waals surface area contributed by atoms with Crippen molar-refractivity contribution < 1.29 is 24.3 Å². The van der Waals surface area contributed by atoms with Gasteiger partial charge in [0.05, 0.1) is 28.8 Å². The van der Waals surface area contributed by atoms with E-state index in [0.717, 1.165) is 6.42 Å². The van der Waals surface area contributed by atoms with Crippen molar-refractivity contribution in [3.8, 4) is 0 Å². The molecule has 1 saturated carbocycles. The number of fused-ring (bicyclic) bond motifs is 5. The molecule has 1 heterocycles. The largest absolute Gasteiger partial charge is 0.478 e. The summed E-state index contributed by atoms with van der Waals surface area (Å²) in [6.45, 7) is 0. The molecule has 4 atom stereocenters. The third-order valence-corrected chi connectivity index (χ3v) is 6.26. The van der Waals surface area contributed by atoms with E-state index < -0.39 is 11.9 Å². The molecule has 2 aliphatic carbocycles. The van der Waals surface area contributed by atoms with Gasteiger partial charge in [-0.3, -0.25) is 19.3 Å². The number of carbonyl (C=O) groups excluding carboxylic acids is 3. The number of nitrogens with one attached hydrogen (secondary N) is 1. The summed E-state index contributed by atoms with van der Waals surface area (Å²) in [5.74, 6) is -2.23. The molecule has 5 rings (SSSR count). The lowest BCUT2D eigenvalue weighted by Crippen LogP contribution is -2.32. The molecule has 3 amide bonds. The molecule has 2 fully saturated rings. The molecule has 0 spiro atoms. The normalized spacial score (nSPS) is 26.2. The van der Waals surface area contributed by atoms with Crippen LogP contribution in [0.3, 0.4) is 0 Å². The molecule has 30 heavy (non-hydrogen) atoms. The first-order chi connectivity index (χ1) is 14.5. The number of amides is 3. The Morgan fingerprint density at radius 3 is 2.10 bits per heavy atom. The van der Waals surface area contributed by atoms with Crippen LogP contribution >= 0.6 is 0 Å². The van der Waals surface area contributed by atoms with Crippen LogP contribution < -0.4 is 10.2 Å². The zero-order chi connectivity index (χ0) is 21.0. The van der Waals surface area contributed by atoms with Gasteiger partial charge in [0, 0.05) is 5.56 Å². The molecule has 2 aromatic rings. The average molecular weight is 402 g/mol. The SMILES string of the molecule is O=C(Nc1ccccc1C(=O)O)c1ccc(N2C(=O)[C@@H]3[C@H](C2=O)[C@@H]2C=C[C@H]3C2)cc1. The van der Waals surface area contributed by atoms with Gasteiger partial charge in [-0.25, -0.2) is 4.79 Å². The molecule has 0 aromatic heterocycles. The van der Waals surface area contributed by atoms with Crippen molar-refractivity contribution >= 4 is 35.1 Å². The van der Waals surface area contributed by atoms with E-state index in [4.69, 9.17) is 0 Å². The third kappa shape index (κ3) is 2.66. The second-order valence-electron chi connectivity index (χ2n) is 7.86. The van der Waals surface area contributed by atoms with Crippen molar-refractivity contribution in [2.75, 3.05) is 10.2 Å². The van der Waals surface area contributed by atoms with E-state index in [9.17, 15) is 24.3 Å². The van der Waals surface area contributed by atoms with Gasteiger partial charge in [-0.05, 0) is 54.7 Å². The Kier molecular flexibility index (Phi) is 4.06. The summed E-state index contributed by atoms with van der Waals surface area (Å²) in [5, 5.41) is 11.8. The minimum atomic E-state index is -1.14. The van der Waals surface area contributed by atoms with Crippen molar-refractivity contribution in [3.63, 3.8) is 0 Å². The number of para-hydroxylation sites is 1. The Bertz CT molecular complexity index is 1090. The van der Waals surface area contributed by atoms with Crippen LogP contribution in [0, 0.1) is 23.7 Å². The standard InChI is InChI=1S/C23H18N2O5/c26-20(24-17-4-2-1-3-16(17)23(29)30)12-7-9-15(10-8-12)25-21(27)18-13-5-6-14(11-13)19(18)22(25)28/h1-10,13-14,18-19H,11H2,(H,24,26)(H,29,30)/t13-,14+,18-,19+. The molecule has 2 aromatic carbocycles. The average Bonchev–Trinajstić information content (AvgIpc) is 3.42. The number of hydrogen-bond donors (Lipinski definition) is 2. The van der Waals surface area contributed by atoms with Crippen LogP contribution in [0.5, 0.6) is 0 Å². The van der Waals surface area contributed by atoms with Crippen LogP contribution in [-0.2, 0) is 9.59 Å². The van der Waals surface area contributed by atoms with Gasteiger partial charge >= 0.3 is 5.97 Å². The van der Waals surface area contributed by atoms with E-state index in [1.54, 1.807) is 24.3 Å². The monoisotopic (exact) mass is 402 g/mol. The van der Waals surface area contributed by atoms with E-state index in [1.807, 2.05) is 12.2 Å². The van der Waals surface area contributed by atoms with Crippen molar-refractivity contribution in [2.45, 2.75) is 6.42 Å². The molecular weight excluding hydrogens is 384 g/mol. The first-order valence-electron chi connectivity index (χ1n) is 9.75. The number of hydrogen-bond acceptors (Lipinski definition) is 4. The molecule has 3 aliphatic rings. The number of carboxylic acids is 1. The van der Waals surface area contributed by atoms with Crippen molar-refractivity contribution in [1.29, 1.82) is 0 Å². The zero-order valence-corrected chi connectivity index (χ0v) is 15.8. The maximum Gasteiger partial charge on any atom is 0.337 e. The summed E-state index contributed by atoms with van der Waals surface area (Å²) < 4.78 is 0. The number of anilines is 2. The van der Waals surface area contributed by atoms with E-state index >= 15 is 0 Å². The van der Waals surface area contributed by atoms with E-state index in [1.165, 1.54) is 29.2 Å². The summed E-state index contributed by atoms with van der Waals surface area (Å²) in [7, 11) is 0. The fourth-order valence-electron chi connectivity index (χ4n) is 4.89. The molecule has 0 radical (unpaired) electrons. The Balaban J connectivity index is 1.35. The quantitative estimate of drug-likeness (QED) is 0.605. The number of aromatic carboxylic acids is 1. The number of carboxylic acid groups (broad SMARTS) is 1. The van der Waals surface area contributed by atoms with Crippen LogP contribution in [0.15, 0.2) is 60.7 Å². The number of benzene rings is 2. The van der Waals surface area contributed by atoms with Crippen LogP contribution in [-0.4, -0.2) is 28.8 Å². The van der Waals surface area contributed by atoms with Crippen LogP contribution in [0.4, 0.5) is 11.4 Å². The number of nitrogens with zero attached hydrogens (tertiary/aromatic N) is 1. The zero-order valence-electron chi connectivity index (χ0n) is 15.8. The highest BCUT2D eigenvalue weighted by atomic mass is 16.4. The highest BCUT2D eigenvalue weighted by molar-refractivity contribution is 6.23. The first-order valence-corrected chi connectivity index (χ1v) is 9.75. The number of allylic oxidation sites excluding steroid dienone is 2. The van der Waals surface area contributed by atoms with Crippen molar-refractivity contribution in [2.24, 2.45) is 23.7 Å². The summed E-state index contributed by atoms with van der Waals surface area (Å²) in [6, 6.07) is 12.3. The van der Waals surface area contributed by atoms with Crippen molar-refractivity contribution in [3.05, 3.63) is 71.8 Å². The minimum absolute atomic E-state index is 0.00879. The second-order valence-corrected chi connectivity index (χ2v) is 7.86. The second kappa shape index (κ2) is 6.66. The maximum absolute atomic E-state index is 12.9. The summed E-state index contributed by atoms with van der Waals surface area (Å²) in [4.78, 5) is 50.9. The van der Waals surface area contributed by atoms with Gasteiger partial charge in [-0.15, -0.1) is 0 Å². The van der Waals surface area contributed by atoms with Gasteiger partial charge in [0.25, 0.3) is 5.91 Å². The van der Waals surface area contributed by atoms with Gasteiger partial charge in [-0.1, -0.05) is 24.3 Å². The Hall–Kier alpha value is -3.74. The van der Waals surface area contributed by atoms with Gasteiger partial charge < -0.3 is 10.4 Å². The Morgan fingerprint density at radius 1 is 0.900 bits per heavy atom. The lowest BCUT2D eigenvalue weighted by atomic mass is 9.85. The van der Waals surface area contributed by atoms with E-state index in [-0.39, 0.29) is 46.7 Å². The topological polar surface area (TPSA) is 104 Å². The highest BCUT2D eigenvalue weighted by Crippen LogP contribution is 2.53. The fourth-order valence-corrected chi connectivity index (χ4v) is 4.89. The molecule has 2 bridgehead atoms. The van der Waals surface area contributed by atoms with Gasteiger partial charge in [0.1, 0.15) is 0 Å². The van der Waals surface area contributed by atoms with Gasteiger partial charge in [0.15, 0.2) is 0 Å². The Labute approximate surface area is 172 Å². The fraction of sp³-hybridized carbons (Fsp3) is 0.217. The molecule has 1 aliphatic heterocycles. The molecule has 7 heteroatoms. The molecule has 2 N–H and O–H groups in total. The molecule has 0 unspecified atom stereocenters. The summed E-state index contributed by atoms with van der Waals surface area (Å²) in [5.41, 5.74) is 0.923. The highest BCUT2D eigenvalue weighted by Gasteiger charge is 2.59. The lowest BCUT2D eigenvalue weighted by Gasteiger charge is -2.17. The third-order valence-electron chi connectivity index (χ3n) is 6.26. The minimum Gasteiger partial charge on any atom is -0.478 e. The summed E-state index contributed by atoms with van der Waals surface area (Å²) >= 11 is 0. The Morgan fingerprint density at radius 2 is 1.50 bits per heavy atom. The van der Waals surface area contributed by atoms with Crippen LogP contribution in [0.2, 0.25) is 0 Å².